The summed E-state index contributed by atoms with van der Waals surface area (Å²) in [5, 5.41) is 1.37. The molecule has 0 saturated heterocycles. The minimum Gasteiger partial charge on any atom is -0.326 e. The molecular weight excluding hydrogens is 202 g/mol. The van der Waals surface area contributed by atoms with Crippen LogP contribution < -0.4 is 5.73 Å². The molecule has 0 amide bonds. The highest BCUT2D eigenvalue weighted by Crippen LogP contribution is 2.38. The fourth-order valence-electron chi connectivity index (χ4n) is 2.06. The van der Waals surface area contributed by atoms with E-state index in [0.717, 1.165) is 0 Å². The van der Waals surface area contributed by atoms with Gasteiger partial charge < -0.3 is 5.73 Å². The topological polar surface area (TPSA) is 26.0 Å². The smallest absolute Gasteiger partial charge is 0.0349 e. The van der Waals surface area contributed by atoms with E-state index in [1.54, 1.807) is 0 Å². The van der Waals surface area contributed by atoms with Gasteiger partial charge in [-0.3, -0.25) is 0 Å². The quantitative estimate of drug-likeness (QED) is 0.778. The van der Waals surface area contributed by atoms with Crippen LogP contribution in [-0.4, -0.2) is 0 Å². The molecule has 15 heavy (non-hydrogen) atoms. The fourth-order valence-corrected chi connectivity index (χ4v) is 3.36. The zero-order valence-corrected chi connectivity index (χ0v) is 10.3. The Bertz CT molecular complexity index is 477. The Morgan fingerprint density at radius 3 is 2.47 bits per heavy atom. The van der Waals surface area contributed by atoms with Crippen molar-refractivity contribution in [3.63, 3.8) is 0 Å². The predicted octanol–water partition coefficient (Wildman–Crippen LogP) is 3.66. The molecule has 0 saturated carbocycles. The first-order valence-electron chi connectivity index (χ1n) is 5.25. The van der Waals surface area contributed by atoms with Crippen molar-refractivity contribution in [1.29, 1.82) is 0 Å². The van der Waals surface area contributed by atoms with Crippen LogP contribution >= 0.6 is 11.3 Å². The van der Waals surface area contributed by atoms with E-state index < -0.39 is 0 Å². The molecule has 1 aromatic carbocycles. The van der Waals surface area contributed by atoms with Crippen molar-refractivity contribution in [2.24, 2.45) is 5.73 Å². The van der Waals surface area contributed by atoms with Gasteiger partial charge in [0, 0.05) is 16.1 Å². The van der Waals surface area contributed by atoms with Crippen LogP contribution in [0.25, 0.3) is 10.1 Å². The first-order valence-corrected chi connectivity index (χ1v) is 6.06. The van der Waals surface area contributed by atoms with Gasteiger partial charge in [0.1, 0.15) is 0 Å². The highest BCUT2D eigenvalue weighted by molar-refractivity contribution is 7.19. The van der Waals surface area contributed by atoms with Gasteiger partial charge in [-0.25, -0.2) is 0 Å². The van der Waals surface area contributed by atoms with Crippen molar-refractivity contribution in [2.45, 2.75) is 32.7 Å². The maximum absolute atomic E-state index is 5.82. The van der Waals surface area contributed by atoms with Gasteiger partial charge >= 0.3 is 0 Å². The Labute approximate surface area is 94.9 Å². The van der Waals surface area contributed by atoms with E-state index in [1.807, 2.05) is 11.3 Å². The molecule has 0 bridgehead atoms. The van der Waals surface area contributed by atoms with Gasteiger partial charge in [-0.15, -0.1) is 11.3 Å². The molecular formula is C13H17NS. The summed E-state index contributed by atoms with van der Waals surface area (Å²) < 4.78 is 1.35. The minimum atomic E-state index is 0.175. The third kappa shape index (κ3) is 1.80. The maximum atomic E-state index is 5.82. The Morgan fingerprint density at radius 2 is 1.87 bits per heavy atom. The van der Waals surface area contributed by atoms with Gasteiger partial charge in [0.15, 0.2) is 0 Å². The first kappa shape index (κ1) is 10.7. The van der Waals surface area contributed by atoms with Crippen LogP contribution in [0.5, 0.6) is 0 Å². The van der Waals surface area contributed by atoms with Crippen molar-refractivity contribution in [1.82, 2.24) is 0 Å². The van der Waals surface area contributed by atoms with Crippen molar-refractivity contribution in [3.8, 4) is 0 Å². The molecule has 0 atom stereocenters. The lowest BCUT2D eigenvalue weighted by Crippen LogP contribution is -2.14. The van der Waals surface area contributed by atoms with Crippen LogP contribution in [0.1, 0.15) is 31.2 Å². The number of nitrogens with two attached hydrogens (primary N) is 1. The molecule has 80 valence electrons. The second-order valence-electron chi connectivity index (χ2n) is 4.85. The van der Waals surface area contributed by atoms with Crippen LogP contribution in [-0.2, 0) is 12.0 Å². The fraction of sp³-hybridized carbons (Fsp3) is 0.385. The highest BCUT2D eigenvalue weighted by atomic mass is 32.1. The largest absolute Gasteiger partial charge is 0.326 e. The standard InChI is InChI=1S/C13H17NS/c1-13(2,3)12-9-6-4-5-7-10(9)15-11(12)8-14/h4-7H,8,14H2,1-3H3. The van der Waals surface area contributed by atoms with Gasteiger partial charge in [0.2, 0.25) is 0 Å². The molecule has 1 heterocycles. The average Bonchev–Trinajstić information content (AvgIpc) is 2.54. The predicted molar refractivity (Wildman–Crippen MR) is 68.4 cm³/mol. The zero-order chi connectivity index (χ0) is 11.1. The van der Waals surface area contributed by atoms with Gasteiger partial charge in [-0.1, -0.05) is 39.0 Å². The molecule has 0 aliphatic carbocycles. The van der Waals surface area contributed by atoms with Gasteiger partial charge in [-0.05, 0) is 22.4 Å². The van der Waals surface area contributed by atoms with Gasteiger partial charge in [0.05, 0.1) is 0 Å². The monoisotopic (exact) mass is 219 g/mol. The lowest BCUT2D eigenvalue weighted by Gasteiger charge is -2.20. The summed E-state index contributed by atoms with van der Waals surface area (Å²) in [6.45, 7) is 7.40. The Kier molecular flexibility index (Phi) is 2.57. The van der Waals surface area contributed by atoms with Crippen LogP contribution in [0, 0.1) is 0 Å². The molecule has 2 heteroatoms. The summed E-state index contributed by atoms with van der Waals surface area (Å²) in [4.78, 5) is 1.32. The summed E-state index contributed by atoms with van der Waals surface area (Å²) in [5.41, 5.74) is 7.42. The number of rotatable bonds is 1. The number of hydrogen-bond donors (Lipinski definition) is 1. The lowest BCUT2D eigenvalue weighted by atomic mass is 9.85. The number of thiophene rings is 1. The molecule has 0 aliphatic heterocycles. The minimum absolute atomic E-state index is 0.175. The van der Waals surface area contributed by atoms with Crippen molar-refractivity contribution in [2.75, 3.05) is 0 Å². The van der Waals surface area contributed by atoms with Gasteiger partial charge in [-0.2, -0.15) is 0 Å². The Balaban J connectivity index is 2.79. The molecule has 0 fully saturated rings. The average molecular weight is 219 g/mol. The maximum Gasteiger partial charge on any atom is 0.0349 e. The third-order valence-corrected chi connectivity index (χ3v) is 3.80. The molecule has 1 nitrogen and oxygen atoms in total. The molecule has 2 aromatic rings. The summed E-state index contributed by atoms with van der Waals surface area (Å²) in [6.07, 6.45) is 0. The Morgan fingerprint density at radius 1 is 1.20 bits per heavy atom. The first-order chi connectivity index (χ1) is 7.04. The van der Waals surface area contributed by atoms with E-state index in [2.05, 4.69) is 45.0 Å². The van der Waals surface area contributed by atoms with Crippen molar-refractivity contribution < 1.29 is 0 Å². The molecule has 0 aliphatic rings. The number of benzene rings is 1. The Hall–Kier alpha value is -0.860. The zero-order valence-electron chi connectivity index (χ0n) is 9.50. The third-order valence-electron chi connectivity index (χ3n) is 2.60. The van der Waals surface area contributed by atoms with Crippen LogP contribution in [0.4, 0.5) is 0 Å². The van der Waals surface area contributed by atoms with Crippen LogP contribution in [0.2, 0.25) is 0 Å². The second kappa shape index (κ2) is 3.62. The molecule has 1 aromatic heterocycles. The van der Waals surface area contributed by atoms with E-state index in [1.165, 1.54) is 20.5 Å². The van der Waals surface area contributed by atoms with E-state index in [4.69, 9.17) is 5.73 Å². The second-order valence-corrected chi connectivity index (χ2v) is 5.99. The van der Waals surface area contributed by atoms with Gasteiger partial charge in [0.25, 0.3) is 0 Å². The molecule has 0 spiro atoms. The summed E-state index contributed by atoms with van der Waals surface area (Å²) in [5.74, 6) is 0. The number of fused-ring (bicyclic) bond motifs is 1. The normalized spacial score (nSPS) is 12.3. The van der Waals surface area contributed by atoms with Crippen molar-refractivity contribution >= 4 is 21.4 Å². The van der Waals surface area contributed by atoms with E-state index in [0.29, 0.717) is 6.54 Å². The van der Waals surface area contributed by atoms with Crippen molar-refractivity contribution in [3.05, 3.63) is 34.7 Å². The molecule has 2 rings (SSSR count). The summed E-state index contributed by atoms with van der Waals surface area (Å²) >= 11 is 1.83. The van der Waals surface area contributed by atoms with Crippen LogP contribution in [0.15, 0.2) is 24.3 Å². The van der Waals surface area contributed by atoms with E-state index >= 15 is 0 Å². The number of hydrogen-bond acceptors (Lipinski definition) is 2. The SMILES string of the molecule is CC(C)(C)c1c(CN)sc2ccccc12. The molecule has 2 N–H and O–H groups in total. The summed E-state index contributed by atoms with van der Waals surface area (Å²) in [6, 6.07) is 8.57. The van der Waals surface area contributed by atoms with E-state index in [-0.39, 0.29) is 5.41 Å². The van der Waals surface area contributed by atoms with Crippen LogP contribution in [0.3, 0.4) is 0 Å². The van der Waals surface area contributed by atoms with E-state index in [9.17, 15) is 0 Å². The lowest BCUT2D eigenvalue weighted by molar-refractivity contribution is 0.591. The molecule has 0 unspecified atom stereocenters. The highest BCUT2D eigenvalue weighted by Gasteiger charge is 2.22. The summed E-state index contributed by atoms with van der Waals surface area (Å²) in [7, 11) is 0. The molecule has 0 radical (unpaired) electrons.